The third-order valence-corrected chi connectivity index (χ3v) is 6.19. The molecule has 0 fully saturated rings. The first kappa shape index (κ1) is 23.3. The van der Waals surface area contributed by atoms with Crippen molar-refractivity contribution in [3.05, 3.63) is 87.5 Å². The Hall–Kier alpha value is -3.85. The summed E-state index contributed by atoms with van der Waals surface area (Å²) in [7, 11) is -3.73. The van der Waals surface area contributed by atoms with E-state index in [-0.39, 0.29) is 11.3 Å². The number of aromatic hydroxyl groups is 1. The summed E-state index contributed by atoms with van der Waals surface area (Å²) < 4.78 is 25.0. The lowest BCUT2D eigenvalue weighted by Gasteiger charge is -2.05. The van der Waals surface area contributed by atoms with Crippen LogP contribution in [0.2, 0.25) is 0 Å². The van der Waals surface area contributed by atoms with Gasteiger partial charge in [0.2, 0.25) is 10.0 Å². The maximum Gasteiger partial charge on any atom is 0.281 e. The molecular weight excluding hydrogens is 454 g/mol. The summed E-state index contributed by atoms with van der Waals surface area (Å²) >= 11 is 0. The van der Waals surface area contributed by atoms with E-state index in [0.29, 0.717) is 22.4 Å². The van der Waals surface area contributed by atoms with E-state index in [1.54, 1.807) is 24.3 Å². The maximum absolute atomic E-state index is 12.6. The molecule has 4 aromatic rings. The van der Waals surface area contributed by atoms with Gasteiger partial charge in [-0.1, -0.05) is 17.7 Å². The minimum Gasteiger partial charge on any atom is -0.508 e. The van der Waals surface area contributed by atoms with E-state index in [9.17, 15) is 18.0 Å². The van der Waals surface area contributed by atoms with Gasteiger partial charge in [0.25, 0.3) is 11.5 Å². The normalized spacial score (nSPS) is 12.6. The van der Waals surface area contributed by atoms with Crippen LogP contribution in [0.25, 0.3) is 22.0 Å². The molecule has 0 radical (unpaired) electrons. The zero-order chi connectivity index (χ0) is 24.5. The van der Waals surface area contributed by atoms with E-state index in [2.05, 4.69) is 9.97 Å². The molecule has 0 aliphatic heterocycles. The van der Waals surface area contributed by atoms with Crippen LogP contribution in [0.3, 0.4) is 0 Å². The standard InChI is InChI=1S/C18H17N3O4S.C7H8O/c1-26(24,25)21-18(23)16-15(12-6-3-7-19-17(12)22)13-8-10-4-2-5-11(10)9-14(13)20-16;1-6-2-4-7(8)5-3-6/h3,6-9,20H,2,4-5H2,1H3,(H,19,22)(H,21,23);2-5,8H,1H3. The van der Waals surface area contributed by atoms with E-state index in [4.69, 9.17) is 5.11 Å². The zero-order valence-corrected chi connectivity index (χ0v) is 19.6. The number of aryl methyl sites for hydroxylation is 3. The monoisotopic (exact) mass is 479 g/mol. The number of phenols is 1. The molecule has 0 spiro atoms. The lowest BCUT2D eigenvalue weighted by Crippen LogP contribution is -2.30. The molecule has 1 amide bonds. The average Bonchev–Trinajstić information content (AvgIpc) is 3.37. The van der Waals surface area contributed by atoms with Crippen molar-refractivity contribution in [2.45, 2.75) is 26.2 Å². The predicted octanol–water partition coefficient (Wildman–Crippen LogP) is 3.40. The van der Waals surface area contributed by atoms with Crippen molar-refractivity contribution < 1.29 is 18.3 Å². The van der Waals surface area contributed by atoms with Gasteiger partial charge in [-0.2, -0.15) is 0 Å². The molecule has 2 aromatic carbocycles. The number of aromatic nitrogens is 2. The molecule has 1 aliphatic carbocycles. The number of carbonyl (C=O) groups is 1. The Morgan fingerprint density at radius 1 is 1.06 bits per heavy atom. The second kappa shape index (κ2) is 9.18. The Balaban J connectivity index is 0.000000291. The fraction of sp³-hybridized carbons (Fsp3) is 0.200. The number of benzene rings is 2. The SMILES string of the molecule is CS(=O)(=O)NC(=O)c1[nH]c2cc3c(cc2c1-c1ccc[nH]c1=O)CCC3.Cc1ccc(O)cc1. The van der Waals surface area contributed by atoms with Crippen molar-refractivity contribution >= 4 is 26.8 Å². The van der Waals surface area contributed by atoms with Gasteiger partial charge in [-0.3, -0.25) is 9.59 Å². The second-order valence-electron chi connectivity index (χ2n) is 8.35. The van der Waals surface area contributed by atoms with Crippen molar-refractivity contribution in [2.24, 2.45) is 0 Å². The first-order valence-electron chi connectivity index (χ1n) is 10.8. The van der Waals surface area contributed by atoms with Gasteiger partial charge in [-0.25, -0.2) is 13.1 Å². The minimum absolute atomic E-state index is 0.0609. The molecule has 0 saturated heterocycles. The number of hydrogen-bond acceptors (Lipinski definition) is 5. The smallest absolute Gasteiger partial charge is 0.281 e. The molecule has 0 unspecified atom stereocenters. The highest BCUT2D eigenvalue weighted by Crippen LogP contribution is 2.35. The number of H-pyrrole nitrogens is 2. The summed E-state index contributed by atoms with van der Waals surface area (Å²) in [6, 6.07) is 14.4. The number of hydrogen-bond donors (Lipinski definition) is 4. The van der Waals surface area contributed by atoms with Crippen LogP contribution in [0.15, 0.2) is 59.5 Å². The highest BCUT2D eigenvalue weighted by molar-refractivity contribution is 7.89. The second-order valence-corrected chi connectivity index (χ2v) is 10.1. The lowest BCUT2D eigenvalue weighted by atomic mass is 10.00. The largest absolute Gasteiger partial charge is 0.508 e. The van der Waals surface area contributed by atoms with Crippen molar-refractivity contribution in [2.75, 3.05) is 6.26 Å². The van der Waals surface area contributed by atoms with Gasteiger partial charge in [0.05, 0.1) is 6.26 Å². The summed E-state index contributed by atoms with van der Waals surface area (Å²) in [4.78, 5) is 30.5. The van der Waals surface area contributed by atoms with E-state index in [0.717, 1.165) is 30.9 Å². The van der Waals surface area contributed by atoms with E-state index in [1.807, 2.05) is 35.9 Å². The van der Waals surface area contributed by atoms with Gasteiger partial charge in [-0.05, 0) is 73.7 Å². The van der Waals surface area contributed by atoms with Crippen LogP contribution >= 0.6 is 0 Å². The van der Waals surface area contributed by atoms with Crippen molar-refractivity contribution in [3.8, 4) is 16.9 Å². The van der Waals surface area contributed by atoms with E-state index in [1.165, 1.54) is 22.9 Å². The van der Waals surface area contributed by atoms with Crippen LogP contribution in [0.1, 0.15) is 33.6 Å². The molecule has 9 heteroatoms. The zero-order valence-electron chi connectivity index (χ0n) is 18.8. The van der Waals surface area contributed by atoms with E-state index >= 15 is 0 Å². The molecule has 176 valence electrons. The Labute approximate surface area is 196 Å². The van der Waals surface area contributed by atoms with Crippen LogP contribution in [-0.4, -0.2) is 35.7 Å². The summed E-state index contributed by atoms with van der Waals surface area (Å²) in [6.45, 7) is 1.99. The third kappa shape index (κ3) is 5.04. The number of nitrogens with one attached hydrogen (secondary N) is 3. The van der Waals surface area contributed by atoms with Gasteiger partial charge in [0, 0.05) is 28.2 Å². The minimum atomic E-state index is -3.73. The van der Waals surface area contributed by atoms with Gasteiger partial charge in [0.15, 0.2) is 0 Å². The number of pyridine rings is 1. The Morgan fingerprint density at radius 3 is 2.35 bits per heavy atom. The molecule has 0 atom stereocenters. The highest BCUT2D eigenvalue weighted by atomic mass is 32.2. The number of amides is 1. The number of rotatable bonds is 3. The Morgan fingerprint density at radius 2 is 1.74 bits per heavy atom. The number of carbonyl (C=O) groups excluding carboxylic acids is 1. The van der Waals surface area contributed by atoms with Gasteiger partial charge >= 0.3 is 0 Å². The number of phenolic OH excluding ortho intramolecular Hbond substituents is 1. The molecule has 2 aromatic heterocycles. The summed E-state index contributed by atoms with van der Waals surface area (Å²) in [5.74, 6) is -0.460. The summed E-state index contributed by atoms with van der Waals surface area (Å²) in [5, 5.41) is 9.49. The number of sulfonamides is 1. The fourth-order valence-electron chi connectivity index (χ4n) is 4.10. The molecule has 0 bridgehead atoms. The maximum atomic E-state index is 12.6. The summed E-state index contributed by atoms with van der Waals surface area (Å²) in [5.41, 5.74) is 4.73. The fourth-order valence-corrected chi connectivity index (χ4v) is 4.54. The molecule has 0 saturated carbocycles. The van der Waals surface area contributed by atoms with Crippen LogP contribution in [0, 0.1) is 6.92 Å². The summed E-state index contributed by atoms with van der Waals surface area (Å²) in [6.07, 6.45) is 5.42. The van der Waals surface area contributed by atoms with Gasteiger partial charge in [0.1, 0.15) is 11.4 Å². The highest BCUT2D eigenvalue weighted by Gasteiger charge is 2.24. The Kier molecular flexibility index (Phi) is 6.30. The first-order chi connectivity index (χ1) is 16.1. The van der Waals surface area contributed by atoms with Crippen LogP contribution in [0.4, 0.5) is 0 Å². The Bertz CT molecular complexity index is 1510. The van der Waals surface area contributed by atoms with Crippen LogP contribution < -0.4 is 10.3 Å². The lowest BCUT2D eigenvalue weighted by molar-refractivity contribution is 0.0978. The van der Waals surface area contributed by atoms with Crippen molar-refractivity contribution in [3.63, 3.8) is 0 Å². The van der Waals surface area contributed by atoms with Gasteiger partial charge in [-0.15, -0.1) is 0 Å². The van der Waals surface area contributed by atoms with Crippen molar-refractivity contribution in [1.82, 2.24) is 14.7 Å². The molecule has 34 heavy (non-hydrogen) atoms. The molecule has 8 nitrogen and oxygen atoms in total. The van der Waals surface area contributed by atoms with Gasteiger partial charge < -0.3 is 15.1 Å². The molecule has 1 aliphatic rings. The third-order valence-electron chi connectivity index (χ3n) is 5.64. The number of fused-ring (bicyclic) bond motifs is 2. The van der Waals surface area contributed by atoms with E-state index < -0.39 is 15.9 Å². The average molecular weight is 480 g/mol. The van der Waals surface area contributed by atoms with Crippen molar-refractivity contribution in [1.29, 1.82) is 0 Å². The molecule has 5 rings (SSSR count). The first-order valence-corrected chi connectivity index (χ1v) is 12.6. The predicted molar refractivity (Wildman–Crippen MR) is 132 cm³/mol. The molecular formula is C25H25N3O5S. The molecule has 2 heterocycles. The number of aromatic amines is 2. The quantitative estimate of drug-likeness (QED) is 0.358. The van der Waals surface area contributed by atoms with Crippen LogP contribution in [-0.2, 0) is 22.9 Å². The molecule has 4 N–H and O–H groups in total. The van der Waals surface area contributed by atoms with Crippen LogP contribution in [0.5, 0.6) is 5.75 Å². The topological polar surface area (TPSA) is 132 Å².